The molecule has 0 bridgehead atoms. The van der Waals surface area contributed by atoms with Gasteiger partial charge in [-0.2, -0.15) is 0 Å². The van der Waals surface area contributed by atoms with E-state index in [9.17, 15) is 9.90 Å². The highest BCUT2D eigenvalue weighted by Crippen LogP contribution is 2.33. The predicted molar refractivity (Wildman–Crippen MR) is 98.1 cm³/mol. The maximum absolute atomic E-state index is 11.7. The number of likely N-dealkylation sites (tertiary alicyclic amines) is 2. The Morgan fingerprint density at radius 3 is 2.68 bits per heavy atom. The van der Waals surface area contributed by atoms with Gasteiger partial charge in [0.15, 0.2) is 11.5 Å². The largest absolute Gasteiger partial charge is 0.504 e. The third-order valence-electron chi connectivity index (χ3n) is 5.43. The number of nitrogens with zero attached hydrogens (tertiary/aromatic N) is 2. The molecule has 0 atom stereocenters. The molecule has 3 rings (SSSR count). The van der Waals surface area contributed by atoms with Gasteiger partial charge >= 0.3 is 0 Å². The van der Waals surface area contributed by atoms with Crippen LogP contribution in [-0.4, -0.2) is 54.1 Å². The lowest BCUT2D eigenvalue weighted by Gasteiger charge is -2.33. The molecule has 2 fully saturated rings. The first-order valence-electron chi connectivity index (χ1n) is 9.12. The van der Waals surface area contributed by atoms with Crippen molar-refractivity contribution >= 4 is 17.5 Å². The predicted octanol–water partition coefficient (Wildman–Crippen LogP) is 3.28. The third kappa shape index (κ3) is 4.59. The van der Waals surface area contributed by atoms with Crippen molar-refractivity contribution in [2.24, 2.45) is 5.92 Å². The molecule has 1 amide bonds. The number of aromatic hydroxyl groups is 1. The van der Waals surface area contributed by atoms with Crippen LogP contribution in [0, 0.1) is 5.92 Å². The maximum Gasteiger partial charge on any atom is 0.222 e. The zero-order chi connectivity index (χ0) is 17.8. The molecule has 2 aliphatic rings. The van der Waals surface area contributed by atoms with E-state index in [2.05, 4.69) is 4.90 Å². The monoisotopic (exact) mass is 366 g/mol. The van der Waals surface area contributed by atoms with E-state index in [4.69, 9.17) is 16.3 Å². The van der Waals surface area contributed by atoms with Crippen molar-refractivity contribution in [3.8, 4) is 11.5 Å². The number of hydrogen-bond donors (Lipinski definition) is 1. The van der Waals surface area contributed by atoms with Gasteiger partial charge in [0.1, 0.15) is 0 Å². The molecule has 0 aliphatic carbocycles. The van der Waals surface area contributed by atoms with Crippen LogP contribution in [0.5, 0.6) is 11.5 Å². The Labute approximate surface area is 154 Å². The zero-order valence-corrected chi connectivity index (χ0v) is 15.6. The fourth-order valence-electron chi connectivity index (χ4n) is 3.82. The van der Waals surface area contributed by atoms with Crippen LogP contribution in [-0.2, 0) is 11.3 Å². The Hall–Kier alpha value is -1.46. The molecule has 0 spiro atoms. The van der Waals surface area contributed by atoms with Crippen molar-refractivity contribution in [1.82, 2.24) is 9.80 Å². The summed E-state index contributed by atoms with van der Waals surface area (Å²) in [7, 11) is 1.54. The summed E-state index contributed by atoms with van der Waals surface area (Å²) in [6, 6.07) is 3.37. The highest BCUT2D eigenvalue weighted by Gasteiger charge is 2.24. The average molecular weight is 367 g/mol. The Kier molecular flexibility index (Phi) is 6.07. The fraction of sp³-hybridized carbons (Fsp3) is 0.632. The highest BCUT2D eigenvalue weighted by molar-refractivity contribution is 6.31. The lowest BCUT2D eigenvalue weighted by molar-refractivity contribution is -0.127. The molecule has 138 valence electrons. The van der Waals surface area contributed by atoms with Crippen molar-refractivity contribution in [3.05, 3.63) is 22.7 Å². The number of ether oxygens (including phenoxy) is 1. The number of hydrogen-bond acceptors (Lipinski definition) is 4. The number of halogens is 1. The van der Waals surface area contributed by atoms with E-state index < -0.39 is 0 Å². The summed E-state index contributed by atoms with van der Waals surface area (Å²) in [5.74, 6) is 1.57. The fourth-order valence-corrected chi connectivity index (χ4v) is 4.04. The number of piperidine rings is 1. The minimum Gasteiger partial charge on any atom is -0.504 e. The van der Waals surface area contributed by atoms with Crippen LogP contribution in [0.4, 0.5) is 0 Å². The summed E-state index contributed by atoms with van der Waals surface area (Å²) < 4.78 is 5.18. The van der Waals surface area contributed by atoms with Crippen molar-refractivity contribution in [2.45, 2.75) is 38.6 Å². The van der Waals surface area contributed by atoms with Crippen LogP contribution in [0.3, 0.4) is 0 Å². The number of carbonyl (C=O) groups excluding carboxylic acids is 1. The summed E-state index contributed by atoms with van der Waals surface area (Å²) >= 11 is 6.26. The normalized spacial score (nSPS) is 19.6. The van der Waals surface area contributed by atoms with Gasteiger partial charge in [-0.3, -0.25) is 9.69 Å². The van der Waals surface area contributed by atoms with Gasteiger partial charge in [0, 0.05) is 37.1 Å². The number of phenols is 1. The van der Waals surface area contributed by atoms with Crippen LogP contribution in [0.15, 0.2) is 12.1 Å². The summed E-state index contributed by atoms with van der Waals surface area (Å²) in [6.07, 6.45) is 5.19. The van der Waals surface area contributed by atoms with Gasteiger partial charge in [0.2, 0.25) is 5.91 Å². The van der Waals surface area contributed by atoms with Crippen LogP contribution in [0.1, 0.15) is 37.7 Å². The number of amides is 1. The smallest absolute Gasteiger partial charge is 0.222 e. The molecule has 0 unspecified atom stereocenters. The average Bonchev–Trinajstić information content (AvgIpc) is 3.01. The molecular formula is C19H27ClN2O3. The molecule has 0 aromatic heterocycles. The number of phenolic OH excluding ortho intramolecular Hbond substituents is 1. The highest BCUT2D eigenvalue weighted by atomic mass is 35.5. The number of benzene rings is 1. The van der Waals surface area contributed by atoms with Gasteiger partial charge in [-0.15, -0.1) is 0 Å². The minimum atomic E-state index is 0.0754. The second-order valence-electron chi connectivity index (χ2n) is 7.11. The van der Waals surface area contributed by atoms with Gasteiger partial charge in [-0.1, -0.05) is 11.6 Å². The molecule has 1 aromatic carbocycles. The molecule has 1 aromatic rings. The SMILES string of the molecule is COc1cc(CN2CCC(CCN3CCCC3=O)CC2)c(Cl)cc1O. The quantitative estimate of drug-likeness (QED) is 0.839. The van der Waals surface area contributed by atoms with E-state index in [1.165, 1.54) is 0 Å². The van der Waals surface area contributed by atoms with E-state index in [1.54, 1.807) is 13.2 Å². The Morgan fingerprint density at radius 2 is 2.04 bits per heavy atom. The van der Waals surface area contributed by atoms with Crippen LogP contribution in [0.25, 0.3) is 0 Å². The van der Waals surface area contributed by atoms with Crippen molar-refractivity contribution in [1.29, 1.82) is 0 Å². The maximum atomic E-state index is 11.7. The topological polar surface area (TPSA) is 53.0 Å². The Morgan fingerprint density at radius 1 is 1.28 bits per heavy atom. The van der Waals surface area contributed by atoms with Crippen LogP contribution >= 0.6 is 11.6 Å². The first-order valence-corrected chi connectivity index (χ1v) is 9.50. The molecule has 1 N–H and O–H groups in total. The van der Waals surface area contributed by atoms with Gasteiger partial charge in [-0.05, 0) is 56.3 Å². The standard InChI is InChI=1S/C19H27ClN2O3/c1-25-18-11-15(16(20)12-17(18)23)13-21-8-4-14(5-9-21)6-10-22-7-2-3-19(22)24/h11-12,14,23H,2-10,13H2,1H3. The van der Waals surface area contributed by atoms with E-state index in [1.807, 2.05) is 11.0 Å². The molecule has 0 radical (unpaired) electrons. The lowest BCUT2D eigenvalue weighted by Crippen LogP contribution is -2.35. The Bertz CT molecular complexity index is 615. The molecule has 2 aliphatic heterocycles. The number of methoxy groups -OCH3 is 1. The summed E-state index contributed by atoms with van der Waals surface area (Å²) in [5.41, 5.74) is 0.984. The summed E-state index contributed by atoms with van der Waals surface area (Å²) in [5, 5.41) is 10.3. The second kappa shape index (κ2) is 8.28. The molecule has 2 saturated heterocycles. The first-order chi connectivity index (χ1) is 12.1. The van der Waals surface area contributed by atoms with E-state index in [0.29, 0.717) is 22.6 Å². The molecule has 6 heteroatoms. The molecule has 2 heterocycles. The molecular weight excluding hydrogens is 340 g/mol. The first kappa shape index (κ1) is 18.3. The summed E-state index contributed by atoms with van der Waals surface area (Å²) in [6.45, 7) is 4.71. The second-order valence-corrected chi connectivity index (χ2v) is 7.52. The zero-order valence-electron chi connectivity index (χ0n) is 14.8. The third-order valence-corrected chi connectivity index (χ3v) is 5.78. The van der Waals surface area contributed by atoms with E-state index >= 15 is 0 Å². The Balaban J connectivity index is 1.47. The molecule has 25 heavy (non-hydrogen) atoms. The van der Waals surface area contributed by atoms with Crippen molar-refractivity contribution in [3.63, 3.8) is 0 Å². The van der Waals surface area contributed by atoms with Crippen molar-refractivity contribution in [2.75, 3.05) is 33.3 Å². The van der Waals surface area contributed by atoms with Gasteiger partial charge < -0.3 is 14.7 Å². The van der Waals surface area contributed by atoms with Gasteiger partial charge in [0.25, 0.3) is 0 Å². The molecule has 5 nitrogen and oxygen atoms in total. The number of rotatable bonds is 6. The van der Waals surface area contributed by atoms with E-state index in [-0.39, 0.29) is 5.75 Å². The van der Waals surface area contributed by atoms with Crippen LogP contribution in [0.2, 0.25) is 5.02 Å². The summed E-state index contributed by atoms with van der Waals surface area (Å²) in [4.78, 5) is 16.1. The minimum absolute atomic E-state index is 0.0754. The van der Waals surface area contributed by atoms with E-state index in [0.717, 1.165) is 70.4 Å². The van der Waals surface area contributed by atoms with Crippen LogP contribution < -0.4 is 4.74 Å². The number of carbonyl (C=O) groups is 1. The molecule has 0 saturated carbocycles. The lowest BCUT2D eigenvalue weighted by atomic mass is 9.93. The van der Waals surface area contributed by atoms with Gasteiger partial charge in [-0.25, -0.2) is 0 Å². The van der Waals surface area contributed by atoms with Crippen molar-refractivity contribution < 1.29 is 14.6 Å². The van der Waals surface area contributed by atoms with Gasteiger partial charge in [0.05, 0.1) is 7.11 Å².